The van der Waals surface area contributed by atoms with E-state index in [2.05, 4.69) is 27.2 Å². The van der Waals surface area contributed by atoms with E-state index >= 15 is 0 Å². The Labute approximate surface area is 131 Å². The number of nitrogens with one attached hydrogen (secondary N) is 2. The molecule has 2 heterocycles. The number of furan rings is 1. The van der Waals surface area contributed by atoms with Gasteiger partial charge in [-0.1, -0.05) is 12.1 Å². The fraction of sp³-hybridized carbons (Fsp3) is 0.294. The maximum atomic E-state index is 5.30. The number of aromatic nitrogens is 1. The standard InChI is InChI=1S/C17H22N4O/c1-2-10-19-17(21-13-9-16-7-5-14-22-16)20-12-8-15-6-3-4-11-18-15/h2-7,11,14H,1,8-10,12-13H2,(H2,19,20,21). The van der Waals surface area contributed by atoms with E-state index in [1.165, 1.54) is 0 Å². The first-order chi connectivity index (χ1) is 10.9. The van der Waals surface area contributed by atoms with Crippen LogP contribution in [0.2, 0.25) is 0 Å². The molecule has 0 bridgehead atoms. The molecular weight excluding hydrogens is 276 g/mol. The molecule has 0 radical (unpaired) electrons. The van der Waals surface area contributed by atoms with Gasteiger partial charge in [-0.3, -0.25) is 9.98 Å². The van der Waals surface area contributed by atoms with Crippen LogP contribution in [0.4, 0.5) is 0 Å². The highest BCUT2D eigenvalue weighted by atomic mass is 16.3. The third-order valence-electron chi connectivity index (χ3n) is 3.02. The fourth-order valence-electron chi connectivity index (χ4n) is 1.93. The van der Waals surface area contributed by atoms with Gasteiger partial charge in [0.2, 0.25) is 0 Å². The van der Waals surface area contributed by atoms with Gasteiger partial charge in [-0.2, -0.15) is 0 Å². The van der Waals surface area contributed by atoms with Crippen molar-refractivity contribution in [2.24, 2.45) is 4.99 Å². The zero-order valence-corrected chi connectivity index (χ0v) is 12.7. The van der Waals surface area contributed by atoms with E-state index in [9.17, 15) is 0 Å². The van der Waals surface area contributed by atoms with E-state index in [1.807, 2.05) is 42.6 Å². The van der Waals surface area contributed by atoms with Gasteiger partial charge in [0.05, 0.1) is 6.26 Å². The second-order valence-corrected chi connectivity index (χ2v) is 4.73. The Balaban J connectivity index is 1.78. The van der Waals surface area contributed by atoms with Gasteiger partial charge in [0.15, 0.2) is 5.96 Å². The van der Waals surface area contributed by atoms with Crippen LogP contribution in [0.1, 0.15) is 11.5 Å². The van der Waals surface area contributed by atoms with Crippen LogP contribution >= 0.6 is 0 Å². The second kappa shape index (κ2) is 9.39. The number of rotatable bonds is 8. The molecular formula is C17H22N4O. The largest absolute Gasteiger partial charge is 0.469 e. The molecule has 0 aliphatic rings. The summed E-state index contributed by atoms with van der Waals surface area (Å²) in [7, 11) is 0. The highest BCUT2D eigenvalue weighted by Crippen LogP contribution is 2.00. The highest BCUT2D eigenvalue weighted by Gasteiger charge is 1.99. The predicted molar refractivity (Wildman–Crippen MR) is 88.9 cm³/mol. The number of hydrogen-bond acceptors (Lipinski definition) is 3. The van der Waals surface area contributed by atoms with Crippen molar-refractivity contribution in [3.63, 3.8) is 0 Å². The van der Waals surface area contributed by atoms with Gasteiger partial charge < -0.3 is 15.1 Å². The second-order valence-electron chi connectivity index (χ2n) is 4.73. The summed E-state index contributed by atoms with van der Waals surface area (Å²) in [6.45, 7) is 5.84. The summed E-state index contributed by atoms with van der Waals surface area (Å²) in [5, 5.41) is 6.51. The lowest BCUT2D eigenvalue weighted by molar-refractivity contribution is 0.510. The SMILES string of the molecule is C=CCNC(=NCCc1ccco1)NCCc1ccccn1. The van der Waals surface area contributed by atoms with Crippen molar-refractivity contribution in [1.29, 1.82) is 0 Å². The van der Waals surface area contributed by atoms with Crippen LogP contribution in [0, 0.1) is 0 Å². The van der Waals surface area contributed by atoms with Crippen LogP contribution in [0.25, 0.3) is 0 Å². The van der Waals surface area contributed by atoms with Crippen LogP contribution in [-0.2, 0) is 12.8 Å². The molecule has 0 spiro atoms. The van der Waals surface area contributed by atoms with Crippen LogP contribution < -0.4 is 10.6 Å². The topological polar surface area (TPSA) is 62.5 Å². The molecule has 2 N–H and O–H groups in total. The summed E-state index contributed by atoms with van der Waals surface area (Å²) >= 11 is 0. The molecule has 0 unspecified atom stereocenters. The van der Waals surface area contributed by atoms with Crippen molar-refractivity contribution in [2.75, 3.05) is 19.6 Å². The number of pyridine rings is 1. The van der Waals surface area contributed by atoms with Crippen molar-refractivity contribution < 1.29 is 4.42 Å². The van der Waals surface area contributed by atoms with E-state index in [0.717, 1.165) is 36.8 Å². The molecule has 116 valence electrons. The molecule has 5 nitrogen and oxygen atoms in total. The third kappa shape index (κ3) is 5.83. The van der Waals surface area contributed by atoms with E-state index in [0.29, 0.717) is 13.1 Å². The first-order valence-electron chi connectivity index (χ1n) is 7.44. The van der Waals surface area contributed by atoms with Crippen LogP contribution in [-0.4, -0.2) is 30.6 Å². The molecule has 5 heteroatoms. The summed E-state index contributed by atoms with van der Waals surface area (Å²) in [5.74, 6) is 1.72. The summed E-state index contributed by atoms with van der Waals surface area (Å²) in [4.78, 5) is 8.84. The molecule has 0 fully saturated rings. The molecule has 0 aliphatic carbocycles. The Morgan fingerprint density at radius 2 is 2.18 bits per heavy atom. The predicted octanol–water partition coefficient (Wildman–Crippen LogP) is 2.18. The lowest BCUT2D eigenvalue weighted by Gasteiger charge is -2.11. The summed E-state index contributed by atoms with van der Waals surface area (Å²) in [6.07, 6.45) is 6.94. The van der Waals surface area contributed by atoms with Gasteiger partial charge in [0.25, 0.3) is 0 Å². The first-order valence-corrected chi connectivity index (χ1v) is 7.44. The minimum absolute atomic E-state index is 0.670. The van der Waals surface area contributed by atoms with Gasteiger partial charge >= 0.3 is 0 Å². The monoisotopic (exact) mass is 298 g/mol. The normalized spacial score (nSPS) is 11.2. The average Bonchev–Trinajstić information content (AvgIpc) is 3.06. The molecule has 0 aromatic carbocycles. The van der Waals surface area contributed by atoms with Gasteiger partial charge in [-0.15, -0.1) is 6.58 Å². The minimum atomic E-state index is 0.670. The number of guanidine groups is 1. The quantitative estimate of drug-likeness (QED) is 0.445. The van der Waals surface area contributed by atoms with Crippen molar-refractivity contribution >= 4 is 5.96 Å². The van der Waals surface area contributed by atoms with Crippen molar-refractivity contribution in [1.82, 2.24) is 15.6 Å². The van der Waals surface area contributed by atoms with Gasteiger partial charge in [0.1, 0.15) is 5.76 Å². The van der Waals surface area contributed by atoms with E-state index in [-0.39, 0.29) is 0 Å². The summed E-state index contributed by atoms with van der Waals surface area (Å²) < 4.78 is 5.30. The Morgan fingerprint density at radius 3 is 2.91 bits per heavy atom. The van der Waals surface area contributed by atoms with Crippen molar-refractivity contribution in [3.8, 4) is 0 Å². The first kappa shape index (κ1) is 15.8. The van der Waals surface area contributed by atoms with E-state index in [4.69, 9.17) is 4.42 Å². The molecule has 0 saturated carbocycles. The molecule has 0 atom stereocenters. The Morgan fingerprint density at radius 1 is 1.23 bits per heavy atom. The number of hydrogen-bond donors (Lipinski definition) is 2. The average molecular weight is 298 g/mol. The number of nitrogens with zero attached hydrogens (tertiary/aromatic N) is 2. The number of aliphatic imine (C=N–C) groups is 1. The summed E-state index contributed by atoms with van der Waals surface area (Å²) in [5.41, 5.74) is 1.06. The maximum absolute atomic E-state index is 5.30. The van der Waals surface area contributed by atoms with Gasteiger partial charge in [-0.25, -0.2) is 0 Å². The fourth-order valence-corrected chi connectivity index (χ4v) is 1.93. The zero-order valence-electron chi connectivity index (χ0n) is 12.7. The smallest absolute Gasteiger partial charge is 0.191 e. The van der Waals surface area contributed by atoms with E-state index in [1.54, 1.807) is 6.26 Å². The zero-order chi connectivity index (χ0) is 15.5. The van der Waals surface area contributed by atoms with Crippen LogP contribution in [0.15, 0.2) is 64.9 Å². The van der Waals surface area contributed by atoms with Crippen molar-refractivity contribution in [2.45, 2.75) is 12.8 Å². The van der Waals surface area contributed by atoms with Crippen LogP contribution in [0.3, 0.4) is 0 Å². The Bertz CT molecular complexity index is 564. The lowest BCUT2D eigenvalue weighted by Crippen LogP contribution is -2.38. The molecule has 2 aromatic heterocycles. The lowest BCUT2D eigenvalue weighted by atomic mass is 10.3. The third-order valence-corrected chi connectivity index (χ3v) is 3.02. The minimum Gasteiger partial charge on any atom is -0.469 e. The van der Waals surface area contributed by atoms with Crippen molar-refractivity contribution in [3.05, 3.63) is 66.9 Å². The molecule has 22 heavy (non-hydrogen) atoms. The van der Waals surface area contributed by atoms with Crippen LogP contribution in [0.5, 0.6) is 0 Å². The summed E-state index contributed by atoms with van der Waals surface area (Å²) in [6, 6.07) is 9.79. The molecule has 0 aliphatic heterocycles. The molecule has 2 aromatic rings. The maximum Gasteiger partial charge on any atom is 0.191 e. The molecule has 0 saturated heterocycles. The van der Waals surface area contributed by atoms with Gasteiger partial charge in [-0.05, 0) is 24.3 Å². The molecule has 0 amide bonds. The van der Waals surface area contributed by atoms with Gasteiger partial charge in [0, 0.05) is 44.4 Å². The molecule has 2 rings (SSSR count). The Hall–Kier alpha value is -2.56. The highest BCUT2D eigenvalue weighted by molar-refractivity contribution is 5.79. The van der Waals surface area contributed by atoms with E-state index < -0.39 is 0 Å². The Kier molecular flexibility index (Phi) is 6.75.